The van der Waals surface area contributed by atoms with Gasteiger partial charge in [0.05, 0.1) is 0 Å². The van der Waals surface area contributed by atoms with Crippen LogP contribution >= 0.6 is 0 Å². The van der Waals surface area contributed by atoms with Crippen molar-refractivity contribution < 1.29 is 27.0 Å². The zero-order chi connectivity index (χ0) is 21.2. The Balaban J connectivity index is 0.000000501. The topological polar surface area (TPSA) is 37.3 Å². The van der Waals surface area contributed by atoms with Crippen LogP contribution in [0.3, 0.4) is 0 Å². The van der Waals surface area contributed by atoms with Crippen LogP contribution in [-0.4, -0.2) is 10.9 Å². The maximum Gasteiger partial charge on any atom is 0.130 e. The molecule has 0 heterocycles. The van der Waals surface area contributed by atoms with Gasteiger partial charge in [-0.25, -0.2) is 0 Å². The molecule has 0 radical (unpaired) electrons. The molecule has 3 heteroatoms. The zero-order valence-electron chi connectivity index (χ0n) is 18.8. The van der Waals surface area contributed by atoms with Crippen molar-refractivity contribution in [1.82, 2.24) is 0 Å². The second-order valence-electron chi connectivity index (χ2n) is 8.76. The SMILES string of the molecule is C1CCCC1.CC(=O)CCC(=C(c1ccccc1)c1ccc(O)cc1)C1CCCC1.[Fe]. The molecule has 0 spiro atoms. The number of phenolic OH excluding ortho intramolecular Hbond substituents is 1. The number of rotatable bonds is 6. The van der Waals surface area contributed by atoms with Gasteiger partial charge in [0.15, 0.2) is 0 Å². The van der Waals surface area contributed by atoms with Crippen LogP contribution in [0, 0.1) is 5.92 Å². The van der Waals surface area contributed by atoms with Gasteiger partial charge in [-0.1, -0.05) is 93.0 Å². The van der Waals surface area contributed by atoms with Crippen molar-refractivity contribution in [3.8, 4) is 5.75 Å². The number of Topliss-reactive ketones (excluding diaryl/α,β-unsaturated/α-hetero) is 1. The molecule has 2 aliphatic rings. The van der Waals surface area contributed by atoms with Gasteiger partial charge in [0.25, 0.3) is 0 Å². The Labute approximate surface area is 198 Å². The van der Waals surface area contributed by atoms with E-state index in [1.165, 1.54) is 74.5 Å². The van der Waals surface area contributed by atoms with Gasteiger partial charge in [-0.05, 0) is 60.9 Å². The summed E-state index contributed by atoms with van der Waals surface area (Å²) in [4.78, 5) is 11.6. The molecule has 2 fully saturated rings. The molecule has 0 aromatic heterocycles. The average molecular weight is 460 g/mol. The van der Waals surface area contributed by atoms with E-state index >= 15 is 0 Å². The van der Waals surface area contributed by atoms with E-state index in [9.17, 15) is 9.90 Å². The minimum absolute atomic E-state index is 0. The standard InChI is InChI=1S/C23H26O2.C5H10.Fe/c1-17(24)11-16-22(18-7-5-6-8-18)23(19-9-3-2-4-10-19)20-12-14-21(25)15-13-20;1-2-4-5-3-1;/h2-4,9-10,12-15,18,25H,5-8,11,16H2,1H3;1-5H2;. The molecule has 0 saturated heterocycles. The van der Waals surface area contributed by atoms with E-state index in [1.807, 2.05) is 18.2 Å². The van der Waals surface area contributed by atoms with Gasteiger partial charge in [0, 0.05) is 23.5 Å². The van der Waals surface area contributed by atoms with Crippen LogP contribution in [-0.2, 0) is 21.9 Å². The van der Waals surface area contributed by atoms with Gasteiger partial charge in [-0.2, -0.15) is 0 Å². The van der Waals surface area contributed by atoms with Crippen molar-refractivity contribution in [3.63, 3.8) is 0 Å². The van der Waals surface area contributed by atoms with Crippen LogP contribution in [0.5, 0.6) is 5.75 Å². The predicted molar refractivity (Wildman–Crippen MR) is 126 cm³/mol. The number of carbonyl (C=O) groups is 1. The number of phenols is 1. The van der Waals surface area contributed by atoms with Gasteiger partial charge in [-0.15, -0.1) is 0 Å². The quantitative estimate of drug-likeness (QED) is 0.449. The van der Waals surface area contributed by atoms with Crippen molar-refractivity contribution >= 4 is 11.4 Å². The summed E-state index contributed by atoms with van der Waals surface area (Å²) >= 11 is 0. The summed E-state index contributed by atoms with van der Waals surface area (Å²) in [7, 11) is 0. The number of aromatic hydroxyl groups is 1. The van der Waals surface area contributed by atoms with Crippen LogP contribution in [0.25, 0.3) is 5.57 Å². The Morgan fingerprint density at radius 1 is 0.774 bits per heavy atom. The fourth-order valence-electron chi connectivity index (χ4n) is 4.77. The number of hydrogen-bond donors (Lipinski definition) is 1. The van der Waals surface area contributed by atoms with E-state index in [0.717, 1.165) is 12.0 Å². The largest absolute Gasteiger partial charge is 0.508 e. The second-order valence-corrected chi connectivity index (χ2v) is 8.76. The maximum atomic E-state index is 11.6. The van der Waals surface area contributed by atoms with Crippen molar-refractivity contribution in [2.24, 2.45) is 5.92 Å². The number of ketones is 1. The Kier molecular flexibility index (Phi) is 11.1. The van der Waals surface area contributed by atoms with Gasteiger partial charge in [0.1, 0.15) is 11.5 Å². The summed E-state index contributed by atoms with van der Waals surface area (Å²) in [6.07, 6.45) is 13.9. The molecule has 1 N–H and O–H groups in total. The number of benzene rings is 2. The first-order valence-electron chi connectivity index (χ1n) is 11.7. The van der Waals surface area contributed by atoms with Crippen molar-refractivity contribution in [2.45, 2.75) is 77.6 Å². The smallest absolute Gasteiger partial charge is 0.130 e. The molecule has 0 amide bonds. The third kappa shape index (κ3) is 7.98. The molecule has 0 atom stereocenters. The molecule has 0 bridgehead atoms. The van der Waals surface area contributed by atoms with Crippen LogP contribution in [0.1, 0.15) is 88.7 Å². The summed E-state index contributed by atoms with van der Waals surface area (Å²) < 4.78 is 0. The summed E-state index contributed by atoms with van der Waals surface area (Å²) in [6, 6.07) is 17.9. The molecule has 0 aliphatic heterocycles. The summed E-state index contributed by atoms with van der Waals surface area (Å²) in [5.74, 6) is 1.08. The number of carbonyl (C=O) groups excluding carboxylic acids is 1. The molecule has 31 heavy (non-hydrogen) atoms. The average Bonchev–Trinajstić information content (AvgIpc) is 3.49. The van der Waals surface area contributed by atoms with E-state index in [1.54, 1.807) is 19.1 Å². The second kappa shape index (κ2) is 13.6. The van der Waals surface area contributed by atoms with Crippen LogP contribution in [0.15, 0.2) is 60.2 Å². The predicted octanol–water partition coefficient (Wildman–Crippen LogP) is 7.70. The summed E-state index contributed by atoms with van der Waals surface area (Å²) in [5, 5.41) is 9.67. The van der Waals surface area contributed by atoms with E-state index in [0.29, 0.717) is 12.3 Å². The molecular weight excluding hydrogens is 424 g/mol. The van der Waals surface area contributed by atoms with E-state index in [4.69, 9.17) is 0 Å². The van der Waals surface area contributed by atoms with Crippen LogP contribution < -0.4 is 0 Å². The van der Waals surface area contributed by atoms with E-state index in [2.05, 4.69) is 24.3 Å². The fourth-order valence-corrected chi connectivity index (χ4v) is 4.77. The first-order chi connectivity index (χ1) is 14.6. The molecule has 2 nitrogen and oxygen atoms in total. The van der Waals surface area contributed by atoms with Gasteiger partial charge < -0.3 is 9.90 Å². The van der Waals surface area contributed by atoms with Gasteiger partial charge >= 0.3 is 0 Å². The van der Waals surface area contributed by atoms with Crippen LogP contribution in [0.2, 0.25) is 0 Å². The minimum atomic E-state index is 0. The molecule has 2 aliphatic carbocycles. The van der Waals surface area contributed by atoms with Gasteiger partial charge in [-0.3, -0.25) is 0 Å². The van der Waals surface area contributed by atoms with Gasteiger partial charge in [0.2, 0.25) is 0 Å². The molecule has 4 rings (SSSR count). The summed E-state index contributed by atoms with van der Waals surface area (Å²) in [5.41, 5.74) is 4.96. The normalized spacial score (nSPS) is 16.7. The van der Waals surface area contributed by atoms with Crippen molar-refractivity contribution in [1.29, 1.82) is 0 Å². The Morgan fingerprint density at radius 3 is 1.81 bits per heavy atom. The van der Waals surface area contributed by atoms with Crippen molar-refractivity contribution in [2.75, 3.05) is 0 Å². The van der Waals surface area contributed by atoms with Crippen molar-refractivity contribution in [3.05, 3.63) is 71.3 Å². The molecule has 0 unspecified atom stereocenters. The molecule has 2 saturated carbocycles. The summed E-state index contributed by atoms with van der Waals surface area (Å²) in [6.45, 7) is 1.68. The maximum absolute atomic E-state index is 11.6. The monoisotopic (exact) mass is 460 g/mol. The fraction of sp³-hybridized carbons (Fsp3) is 0.464. The molecule has 2 aromatic rings. The van der Waals surface area contributed by atoms with E-state index < -0.39 is 0 Å². The molecule has 2 aromatic carbocycles. The van der Waals surface area contributed by atoms with Crippen LogP contribution in [0.4, 0.5) is 0 Å². The molecular formula is C28H36FeO2. The van der Waals surface area contributed by atoms with E-state index in [-0.39, 0.29) is 28.6 Å². The third-order valence-corrected chi connectivity index (χ3v) is 6.38. The third-order valence-electron chi connectivity index (χ3n) is 6.38. The zero-order valence-corrected chi connectivity index (χ0v) is 19.9. The molecule has 168 valence electrons. The number of hydrogen-bond acceptors (Lipinski definition) is 2. The first-order valence-corrected chi connectivity index (χ1v) is 11.7. The number of allylic oxidation sites excluding steroid dienone is 1. The Hall–Kier alpha value is -1.83. The minimum Gasteiger partial charge on any atom is -0.508 e. The first kappa shape index (κ1) is 25.4. The Bertz CT molecular complexity index is 806. The Morgan fingerprint density at radius 2 is 1.29 bits per heavy atom.